The van der Waals surface area contributed by atoms with Crippen LogP contribution in [0, 0.1) is 5.92 Å². The van der Waals surface area contributed by atoms with Crippen LogP contribution in [0.5, 0.6) is 5.75 Å². The number of nitrogens with zero attached hydrogens (tertiary/aromatic N) is 4. The molecule has 2 heterocycles. The van der Waals surface area contributed by atoms with E-state index >= 15 is 0 Å². The van der Waals surface area contributed by atoms with Crippen molar-refractivity contribution in [2.24, 2.45) is 13.0 Å². The van der Waals surface area contributed by atoms with Gasteiger partial charge in [-0.1, -0.05) is 26.0 Å². The number of rotatable bonds is 8. The van der Waals surface area contributed by atoms with E-state index < -0.39 is 0 Å². The third-order valence-electron chi connectivity index (χ3n) is 6.36. The van der Waals surface area contributed by atoms with Crippen LogP contribution in [0.15, 0.2) is 55.1 Å². The van der Waals surface area contributed by atoms with E-state index in [0.29, 0.717) is 5.56 Å². The van der Waals surface area contributed by atoms with E-state index in [9.17, 15) is 4.79 Å². The van der Waals surface area contributed by atoms with Crippen LogP contribution in [0.2, 0.25) is 0 Å². The molecule has 0 saturated heterocycles. The van der Waals surface area contributed by atoms with Gasteiger partial charge >= 0.3 is 0 Å². The van der Waals surface area contributed by atoms with Crippen LogP contribution < -0.4 is 15.4 Å². The highest BCUT2D eigenvalue weighted by Gasteiger charge is 2.20. The Balaban J connectivity index is 1.46. The Hall–Kier alpha value is -3.94. The number of amides is 1. The van der Waals surface area contributed by atoms with Gasteiger partial charge in [0.05, 0.1) is 30.2 Å². The molecule has 0 fully saturated rings. The first-order valence-electron chi connectivity index (χ1n) is 11.3. The van der Waals surface area contributed by atoms with Crippen molar-refractivity contribution in [1.82, 2.24) is 24.8 Å². The van der Waals surface area contributed by atoms with Crippen molar-refractivity contribution in [1.29, 1.82) is 0 Å². The van der Waals surface area contributed by atoms with Gasteiger partial charge in [-0.2, -0.15) is 0 Å². The fourth-order valence-electron chi connectivity index (χ4n) is 4.03. The molecule has 0 bridgehead atoms. The van der Waals surface area contributed by atoms with E-state index in [-0.39, 0.29) is 17.7 Å². The Labute approximate surface area is 199 Å². The molecule has 2 atom stereocenters. The molecule has 0 spiro atoms. The predicted octanol–water partition coefficient (Wildman–Crippen LogP) is 4.25. The summed E-state index contributed by atoms with van der Waals surface area (Å²) < 4.78 is 7.58. The largest absolute Gasteiger partial charge is 0.496 e. The van der Waals surface area contributed by atoms with Gasteiger partial charge in [-0.25, -0.2) is 15.0 Å². The summed E-state index contributed by atoms with van der Waals surface area (Å²) in [6, 6.07) is 13.7. The number of imidazole rings is 1. The summed E-state index contributed by atoms with van der Waals surface area (Å²) in [5.74, 6) is 1.84. The maximum atomic E-state index is 12.0. The maximum Gasteiger partial charge on any atom is 0.251 e. The molecule has 1 amide bonds. The first kappa shape index (κ1) is 23.2. The number of fused-ring (bicyclic) bond motifs is 1. The van der Waals surface area contributed by atoms with Crippen LogP contribution in [0.3, 0.4) is 0 Å². The van der Waals surface area contributed by atoms with E-state index in [2.05, 4.69) is 51.6 Å². The number of anilines is 1. The van der Waals surface area contributed by atoms with Crippen LogP contribution in [0.1, 0.15) is 35.7 Å². The normalized spacial score (nSPS) is 12.9. The molecular formula is C26H30N6O2. The molecule has 0 aliphatic heterocycles. The van der Waals surface area contributed by atoms with Gasteiger partial charge in [0, 0.05) is 37.8 Å². The predicted molar refractivity (Wildman–Crippen MR) is 134 cm³/mol. The topological polar surface area (TPSA) is 94.0 Å². The molecule has 2 aromatic carbocycles. The van der Waals surface area contributed by atoms with Crippen molar-refractivity contribution < 1.29 is 9.53 Å². The Kier molecular flexibility index (Phi) is 6.77. The molecule has 0 saturated carbocycles. The Morgan fingerprint density at radius 2 is 1.91 bits per heavy atom. The molecule has 4 aromatic rings. The van der Waals surface area contributed by atoms with Gasteiger partial charge in [0.1, 0.15) is 17.9 Å². The zero-order valence-electron chi connectivity index (χ0n) is 20.2. The van der Waals surface area contributed by atoms with Gasteiger partial charge in [-0.15, -0.1) is 0 Å². The molecule has 176 valence electrons. The lowest BCUT2D eigenvalue weighted by Crippen LogP contribution is -2.20. The standard InChI is InChI=1S/C26H30N6O2/c1-16(17(2)20-8-6-19(26(33)27-3)11-24(20)34-5)13-28-25-12-21(29-14-30-25)18-7-9-23-22(10-18)31-15-32(23)4/h6-12,14-17H,13H2,1-5H3,(H,27,33)(H,28,29,30). The summed E-state index contributed by atoms with van der Waals surface area (Å²) in [6.45, 7) is 5.06. The van der Waals surface area contributed by atoms with Crippen molar-refractivity contribution in [3.63, 3.8) is 0 Å². The molecule has 8 nitrogen and oxygen atoms in total. The number of aryl methyl sites for hydroxylation is 1. The number of methoxy groups -OCH3 is 1. The van der Waals surface area contributed by atoms with E-state index in [4.69, 9.17) is 4.74 Å². The van der Waals surface area contributed by atoms with E-state index in [1.54, 1.807) is 26.6 Å². The number of ether oxygens (including phenoxy) is 1. The Morgan fingerprint density at radius 3 is 2.68 bits per heavy atom. The van der Waals surface area contributed by atoms with Crippen molar-refractivity contribution in [3.05, 3.63) is 66.2 Å². The number of hydrogen-bond acceptors (Lipinski definition) is 6. The van der Waals surface area contributed by atoms with E-state index in [1.807, 2.05) is 42.2 Å². The average Bonchev–Trinajstić information content (AvgIpc) is 3.25. The minimum absolute atomic E-state index is 0.131. The maximum absolute atomic E-state index is 12.0. The molecule has 0 aliphatic carbocycles. The molecule has 0 aliphatic rings. The quantitative estimate of drug-likeness (QED) is 0.410. The lowest BCUT2D eigenvalue weighted by molar-refractivity contribution is 0.0962. The van der Waals surface area contributed by atoms with Gasteiger partial charge in [0.25, 0.3) is 5.91 Å². The number of nitrogens with one attached hydrogen (secondary N) is 2. The zero-order valence-corrected chi connectivity index (χ0v) is 20.2. The third-order valence-corrected chi connectivity index (χ3v) is 6.36. The second-order valence-corrected chi connectivity index (χ2v) is 8.53. The summed E-state index contributed by atoms with van der Waals surface area (Å²) in [5.41, 5.74) is 5.51. The highest BCUT2D eigenvalue weighted by atomic mass is 16.5. The molecule has 2 N–H and O–H groups in total. The minimum Gasteiger partial charge on any atom is -0.496 e. The van der Waals surface area contributed by atoms with Gasteiger partial charge in [-0.05, 0) is 41.7 Å². The van der Waals surface area contributed by atoms with Gasteiger partial charge in [0.15, 0.2) is 0 Å². The number of hydrogen-bond donors (Lipinski definition) is 2. The highest BCUT2D eigenvalue weighted by molar-refractivity contribution is 5.94. The van der Waals surface area contributed by atoms with Crippen LogP contribution in [0.4, 0.5) is 5.82 Å². The van der Waals surface area contributed by atoms with Crippen molar-refractivity contribution in [2.75, 3.05) is 26.0 Å². The second kappa shape index (κ2) is 9.91. The fourth-order valence-corrected chi connectivity index (χ4v) is 4.03. The molecule has 2 aromatic heterocycles. The number of benzene rings is 2. The van der Waals surface area contributed by atoms with Crippen LogP contribution in [0.25, 0.3) is 22.3 Å². The highest BCUT2D eigenvalue weighted by Crippen LogP contribution is 2.33. The smallest absolute Gasteiger partial charge is 0.251 e. The number of carbonyl (C=O) groups excluding carboxylic acids is 1. The minimum atomic E-state index is -0.131. The lowest BCUT2D eigenvalue weighted by atomic mass is 9.87. The number of aromatic nitrogens is 4. The van der Waals surface area contributed by atoms with Crippen molar-refractivity contribution >= 4 is 22.8 Å². The Morgan fingerprint density at radius 1 is 1.09 bits per heavy atom. The molecule has 8 heteroatoms. The average molecular weight is 459 g/mol. The molecule has 34 heavy (non-hydrogen) atoms. The third kappa shape index (κ3) is 4.71. The lowest BCUT2D eigenvalue weighted by Gasteiger charge is -2.23. The van der Waals surface area contributed by atoms with Crippen molar-refractivity contribution in [3.8, 4) is 17.0 Å². The first-order valence-corrected chi connectivity index (χ1v) is 11.3. The summed E-state index contributed by atoms with van der Waals surface area (Å²) in [5, 5.41) is 6.09. The van der Waals surface area contributed by atoms with E-state index in [0.717, 1.165) is 46.0 Å². The van der Waals surface area contributed by atoms with Gasteiger partial charge < -0.3 is 19.9 Å². The van der Waals surface area contributed by atoms with Crippen LogP contribution in [-0.2, 0) is 7.05 Å². The van der Waals surface area contributed by atoms with Crippen LogP contribution in [-0.4, -0.2) is 46.1 Å². The monoisotopic (exact) mass is 458 g/mol. The van der Waals surface area contributed by atoms with Crippen molar-refractivity contribution in [2.45, 2.75) is 19.8 Å². The zero-order chi connectivity index (χ0) is 24.2. The second-order valence-electron chi connectivity index (χ2n) is 8.53. The van der Waals surface area contributed by atoms with Gasteiger partial charge in [0.2, 0.25) is 0 Å². The summed E-state index contributed by atoms with van der Waals surface area (Å²) in [4.78, 5) is 25.2. The molecule has 2 unspecified atom stereocenters. The van der Waals surface area contributed by atoms with Gasteiger partial charge in [-0.3, -0.25) is 4.79 Å². The molecule has 4 rings (SSSR count). The Bertz CT molecular complexity index is 1320. The molecular weight excluding hydrogens is 428 g/mol. The molecule has 0 radical (unpaired) electrons. The fraction of sp³-hybridized carbons (Fsp3) is 0.308. The summed E-state index contributed by atoms with van der Waals surface area (Å²) in [6.07, 6.45) is 3.39. The van der Waals surface area contributed by atoms with E-state index in [1.165, 1.54) is 0 Å². The SMILES string of the molecule is CNC(=O)c1ccc(C(C)C(C)CNc2cc(-c3ccc4c(c3)ncn4C)ncn2)c(OC)c1. The number of carbonyl (C=O) groups is 1. The van der Waals surface area contributed by atoms with Crippen LogP contribution >= 0.6 is 0 Å². The summed E-state index contributed by atoms with van der Waals surface area (Å²) >= 11 is 0. The summed E-state index contributed by atoms with van der Waals surface area (Å²) in [7, 11) is 5.23. The first-order chi connectivity index (χ1) is 16.4.